The molecular weight excluding hydrogens is 238 g/mol. The number of rotatable bonds is 6. The van der Waals surface area contributed by atoms with Crippen LogP contribution >= 0.6 is 11.6 Å². The van der Waals surface area contributed by atoms with Gasteiger partial charge in [-0.2, -0.15) is 0 Å². The van der Waals surface area contributed by atoms with Crippen molar-refractivity contribution in [2.75, 3.05) is 13.2 Å². The normalized spacial score (nSPS) is 16.5. The molecule has 2 unspecified atom stereocenters. The number of hydrogen-bond donors (Lipinski definition) is 3. The summed E-state index contributed by atoms with van der Waals surface area (Å²) in [5.41, 5.74) is 0.348. The van der Waals surface area contributed by atoms with Gasteiger partial charge in [0.25, 0.3) is 0 Å². The summed E-state index contributed by atoms with van der Waals surface area (Å²) in [5, 5.41) is 23.0. The molecule has 17 heavy (non-hydrogen) atoms. The molecule has 1 rings (SSSR count). The fourth-order valence-electron chi connectivity index (χ4n) is 1.49. The molecule has 1 aromatic rings. The molecule has 3 nitrogen and oxygen atoms in total. The van der Waals surface area contributed by atoms with Crippen LogP contribution in [-0.4, -0.2) is 28.9 Å². The SMILES string of the molecule is CCC(C)(CO)NCC(O)c1ccccc1Cl. The average molecular weight is 258 g/mol. The summed E-state index contributed by atoms with van der Waals surface area (Å²) in [5.74, 6) is 0. The van der Waals surface area contributed by atoms with E-state index in [0.29, 0.717) is 17.1 Å². The Morgan fingerprint density at radius 2 is 2.06 bits per heavy atom. The fourth-order valence-corrected chi connectivity index (χ4v) is 1.75. The van der Waals surface area contributed by atoms with Gasteiger partial charge in [0.2, 0.25) is 0 Å². The highest BCUT2D eigenvalue weighted by atomic mass is 35.5. The Balaban J connectivity index is 2.62. The summed E-state index contributed by atoms with van der Waals surface area (Å²) in [6.07, 6.45) is 0.125. The highest BCUT2D eigenvalue weighted by Crippen LogP contribution is 2.22. The number of β-amino-alcohol motifs (C(OH)–C–C–N with tert-alkyl or cyclic N) is 1. The van der Waals surface area contributed by atoms with E-state index in [0.717, 1.165) is 6.42 Å². The van der Waals surface area contributed by atoms with E-state index in [-0.39, 0.29) is 12.1 Å². The van der Waals surface area contributed by atoms with E-state index in [1.54, 1.807) is 12.1 Å². The van der Waals surface area contributed by atoms with Crippen molar-refractivity contribution in [2.45, 2.75) is 31.9 Å². The van der Waals surface area contributed by atoms with Crippen LogP contribution in [0, 0.1) is 0 Å². The Labute approximate surface area is 107 Å². The van der Waals surface area contributed by atoms with E-state index in [1.165, 1.54) is 0 Å². The maximum Gasteiger partial charge on any atom is 0.0928 e. The van der Waals surface area contributed by atoms with Gasteiger partial charge in [-0.05, 0) is 19.4 Å². The van der Waals surface area contributed by atoms with Crippen molar-refractivity contribution in [3.05, 3.63) is 34.9 Å². The first kappa shape index (κ1) is 14.5. The van der Waals surface area contributed by atoms with Gasteiger partial charge in [-0.3, -0.25) is 0 Å². The molecule has 0 fully saturated rings. The monoisotopic (exact) mass is 257 g/mol. The van der Waals surface area contributed by atoms with Crippen molar-refractivity contribution in [1.29, 1.82) is 0 Å². The molecule has 0 saturated carbocycles. The summed E-state index contributed by atoms with van der Waals surface area (Å²) < 4.78 is 0. The first-order valence-corrected chi connectivity index (χ1v) is 6.18. The van der Waals surface area contributed by atoms with Crippen LogP contribution in [0.25, 0.3) is 0 Å². The quantitative estimate of drug-likeness (QED) is 0.732. The van der Waals surface area contributed by atoms with Gasteiger partial charge in [-0.15, -0.1) is 0 Å². The second-order valence-electron chi connectivity index (χ2n) is 4.49. The predicted molar refractivity (Wildman–Crippen MR) is 70.2 cm³/mol. The second kappa shape index (κ2) is 6.36. The molecule has 0 heterocycles. The van der Waals surface area contributed by atoms with Crippen LogP contribution < -0.4 is 5.32 Å². The Hall–Kier alpha value is -0.610. The van der Waals surface area contributed by atoms with Gasteiger partial charge in [0, 0.05) is 22.7 Å². The van der Waals surface area contributed by atoms with Crippen molar-refractivity contribution in [3.8, 4) is 0 Å². The zero-order chi connectivity index (χ0) is 12.9. The van der Waals surface area contributed by atoms with E-state index in [9.17, 15) is 10.2 Å². The van der Waals surface area contributed by atoms with Crippen LogP contribution in [0.1, 0.15) is 31.9 Å². The summed E-state index contributed by atoms with van der Waals surface area (Å²) in [4.78, 5) is 0. The highest BCUT2D eigenvalue weighted by Gasteiger charge is 2.22. The zero-order valence-electron chi connectivity index (χ0n) is 10.3. The Morgan fingerprint density at radius 3 is 2.59 bits per heavy atom. The van der Waals surface area contributed by atoms with Gasteiger partial charge in [0.15, 0.2) is 0 Å². The number of aliphatic hydroxyl groups is 2. The molecule has 96 valence electrons. The summed E-state index contributed by atoms with van der Waals surface area (Å²) >= 11 is 6.00. The van der Waals surface area contributed by atoms with Gasteiger partial charge in [0.05, 0.1) is 12.7 Å². The predicted octanol–water partition coefficient (Wildman–Crippen LogP) is 2.12. The summed E-state index contributed by atoms with van der Waals surface area (Å²) in [7, 11) is 0. The van der Waals surface area contributed by atoms with Gasteiger partial charge >= 0.3 is 0 Å². The number of halogens is 1. The number of benzene rings is 1. The average Bonchev–Trinajstić information content (AvgIpc) is 2.36. The molecule has 0 radical (unpaired) electrons. The Morgan fingerprint density at radius 1 is 1.41 bits per heavy atom. The van der Waals surface area contributed by atoms with Crippen LogP contribution in [0.2, 0.25) is 5.02 Å². The lowest BCUT2D eigenvalue weighted by Gasteiger charge is -2.28. The smallest absolute Gasteiger partial charge is 0.0928 e. The van der Waals surface area contributed by atoms with Crippen LogP contribution in [0.15, 0.2) is 24.3 Å². The molecule has 3 N–H and O–H groups in total. The third-order valence-corrected chi connectivity index (χ3v) is 3.46. The van der Waals surface area contributed by atoms with E-state index in [4.69, 9.17) is 11.6 Å². The minimum absolute atomic E-state index is 0.0404. The Kier molecular flexibility index (Phi) is 5.40. The maximum absolute atomic E-state index is 10.0. The fraction of sp³-hybridized carbons (Fsp3) is 0.538. The first-order valence-electron chi connectivity index (χ1n) is 5.81. The Bertz CT molecular complexity index is 353. The number of nitrogens with one attached hydrogen (secondary N) is 1. The lowest BCUT2D eigenvalue weighted by Crippen LogP contribution is -2.46. The van der Waals surface area contributed by atoms with Crippen molar-refractivity contribution in [1.82, 2.24) is 5.32 Å². The summed E-state index contributed by atoms with van der Waals surface area (Å²) in [6.45, 7) is 4.32. The first-order chi connectivity index (χ1) is 8.02. The molecule has 0 aliphatic heterocycles. The van der Waals surface area contributed by atoms with E-state index >= 15 is 0 Å². The van der Waals surface area contributed by atoms with Crippen molar-refractivity contribution < 1.29 is 10.2 Å². The topological polar surface area (TPSA) is 52.5 Å². The van der Waals surface area contributed by atoms with Crippen LogP contribution in [-0.2, 0) is 0 Å². The van der Waals surface area contributed by atoms with Crippen LogP contribution in [0.5, 0.6) is 0 Å². The van der Waals surface area contributed by atoms with Crippen molar-refractivity contribution in [3.63, 3.8) is 0 Å². The summed E-state index contributed by atoms with van der Waals surface area (Å²) in [6, 6.07) is 7.23. The molecule has 1 aromatic carbocycles. The van der Waals surface area contributed by atoms with E-state index in [2.05, 4.69) is 5.32 Å². The molecule has 0 aliphatic carbocycles. The van der Waals surface area contributed by atoms with Crippen molar-refractivity contribution in [2.24, 2.45) is 0 Å². The lowest BCUT2D eigenvalue weighted by molar-refractivity contribution is 0.126. The van der Waals surface area contributed by atoms with Gasteiger partial charge in [-0.1, -0.05) is 36.7 Å². The molecule has 0 bridgehead atoms. The van der Waals surface area contributed by atoms with E-state index in [1.807, 2.05) is 26.0 Å². The number of aliphatic hydroxyl groups excluding tert-OH is 2. The molecule has 0 spiro atoms. The minimum atomic E-state index is -0.666. The van der Waals surface area contributed by atoms with Gasteiger partial charge < -0.3 is 15.5 Å². The lowest BCUT2D eigenvalue weighted by atomic mass is 9.99. The molecule has 0 amide bonds. The van der Waals surface area contributed by atoms with E-state index < -0.39 is 6.10 Å². The second-order valence-corrected chi connectivity index (χ2v) is 4.90. The molecule has 0 aliphatic rings. The number of hydrogen-bond acceptors (Lipinski definition) is 3. The van der Waals surface area contributed by atoms with Gasteiger partial charge in [0.1, 0.15) is 0 Å². The van der Waals surface area contributed by atoms with Gasteiger partial charge in [-0.25, -0.2) is 0 Å². The third-order valence-electron chi connectivity index (χ3n) is 3.12. The van der Waals surface area contributed by atoms with Crippen molar-refractivity contribution >= 4 is 11.6 Å². The third kappa shape index (κ3) is 3.96. The molecule has 0 aromatic heterocycles. The van der Waals surface area contributed by atoms with Crippen LogP contribution in [0.3, 0.4) is 0 Å². The maximum atomic E-state index is 10.0. The van der Waals surface area contributed by atoms with Crippen LogP contribution in [0.4, 0.5) is 0 Å². The standard InChI is InChI=1S/C13H20ClNO2/c1-3-13(2,9-16)15-8-12(17)10-6-4-5-7-11(10)14/h4-7,12,15-17H,3,8-9H2,1-2H3. The molecule has 4 heteroatoms. The minimum Gasteiger partial charge on any atom is -0.394 e. The highest BCUT2D eigenvalue weighted by molar-refractivity contribution is 6.31. The molecular formula is C13H20ClNO2. The molecule has 0 saturated heterocycles. The zero-order valence-corrected chi connectivity index (χ0v) is 11.0. The largest absolute Gasteiger partial charge is 0.394 e. The molecule has 2 atom stereocenters.